The van der Waals surface area contributed by atoms with Gasteiger partial charge in [0, 0.05) is 0 Å². The molecule has 0 rings (SSSR count). The third-order valence-electron chi connectivity index (χ3n) is 0.640. The van der Waals surface area contributed by atoms with Gasteiger partial charge in [0.15, 0.2) is 0 Å². The van der Waals surface area contributed by atoms with E-state index in [4.69, 9.17) is 0 Å². The summed E-state index contributed by atoms with van der Waals surface area (Å²) < 4.78 is 29.5. The molecule has 0 aliphatic heterocycles. The van der Waals surface area contributed by atoms with Crippen LogP contribution in [-0.2, 0) is 14.9 Å². The third-order valence-corrected chi connectivity index (χ3v) is 1.34. The standard InChI is InChI=1S/C4H6O5S.2Na/c1-3(4(5)6)2-10(7,8)9;;/h1-2H2,(H,5,6)(H,7,8,9);;/q;2*+1/p-2. The van der Waals surface area contributed by atoms with E-state index in [1.165, 1.54) is 0 Å². The van der Waals surface area contributed by atoms with Crippen molar-refractivity contribution in [1.29, 1.82) is 0 Å². The van der Waals surface area contributed by atoms with Crippen molar-refractivity contribution >= 4 is 16.1 Å². The van der Waals surface area contributed by atoms with E-state index in [1.54, 1.807) is 0 Å². The van der Waals surface area contributed by atoms with Crippen LogP contribution in [0.4, 0.5) is 0 Å². The molecule has 0 unspecified atom stereocenters. The summed E-state index contributed by atoms with van der Waals surface area (Å²) in [6.45, 7) is 2.80. The summed E-state index contributed by atoms with van der Waals surface area (Å²) in [6, 6.07) is 0. The Morgan fingerprint density at radius 1 is 1.33 bits per heavy atom. The average molecular weight is 210 g/mol. The van der Waals surface area contributed by atoms with Crippen molar-refractivity contribution in [3.63, 3.8) is 0 Å². The smallest absolute Gasteiger partial charge is 0.748 e. The Morgan fingerprint density at radius 3 is 1.75 bits per heavy atom. The van der Waals surface area contributed by atoms with Crippen molar-refractivity contribution < 1.29 is 82.0 Å². The molecule has 0 radical (unpaired) electrons. The number of hydrogen-bond acceptors (Lipinski definition) is 5. The fourth-order valence-corrected chi connectivity index (χ4v) is 0.817. The van der Waals surface area contributed by atoms with Gasteiger partial charge in [-0.25, -0.2) is 8.42 Å². The van der Waals surface area contributed by atoms with Crippen molar-refractivity contribution in [2.75, 3.05) is 5.75 Å². The quantitative estimate of drug-likeness (QED) is 0.262. The maximum atomic E-state index is 9.84. The van der Waals surface area contributed by atoms with Gasteiger partial charge in [-0.2, -0.15) is 0 Å². The van der Waals surface area contributed by atoms with Crippen molar-refractivity contribution in [3.8, 4) is 0 Å². The average Bonchev–Trinajstić information content (AvgIpc) is 1.60. The van der Waals surface area contributed by atoms with Crippen LogP contribution in [-0.4, -0.2) is 24.7 Å². The first-order valence-corrected chi connectivity index (χ1v) is 3.73. The van der Waals surface area contributed by atoms with E-state index in [0.29, 0.717) is 0 Å². The van der Waals surface area contributed by atoms with Gasteiger partial charge >= 0.3 is 59.1 Å². The molecule has 0 aromatic carbocycles. The molecule has 0 bridgehead atoms. The fraction of sp³-hybridized carbons (Fsp3) is 0.250. The van der Waals surface area contributed by atoms with E-state index in [-0.39, 0.29) is 59.1 Å². The van der Waals surface area contributed by atoms with Gasteiger partial charge in [-0.1, -0.05) is 6.58 Å². The Labute approximate surface area is 115 Å². The normalized spacial score (nSPS) is 9.08. The molecule has 0 saturated carbocycles. The number of carboxylic acid groups (broad SMARTS) is 1. The van der Waals surface area contributed by atoms with Crippen LogP contribution >= 0.6 is 0 Å². The predicted molar refractivity (Wildman–Crippen MR) is 28.7 cm³/mol. The number of rotatable bonds is 3. The van der Waals surface area contributed by atoms with Gasteiger partial charge in [-0.15, -0.1) is 0 Å². The van der Waals surface area contributed by atoms with Crippen LogP contribution in [0.3, 0.4) is 0 Å². The number of aliphatic carboxylic acids is 1. The van der Waals surface area contributed by atoms with E-state index in [9.17, 15) is 22.9 Å². The number of carboxylic acids is 1. The molecule has 0 aliphatic carbocycles. The molecule has 0 aromatic rings. The van der Waals surface area contributed by atoms with E-state index >= 15 is 0 Å². The summed E-state index contributed by atoms with van der Waals surface area (Å²) in [5, 5.41) is 9.76. The molecule has 0 aromatic heterocycles. The third kappa shape index (κ3) is 11.1. The number of carbonyl (C=O) groups is 1. The van der Waals surface area contributed by atoms with Crippen molar-refractivity contribution in [1.82, 2.24) is 0 Å². The van der Waals surface area contributed by atoms with Gasteiger partial charge < -0.3 is 14.5 Å². The minimum Gasteiger partial charge on any atom is -0.748 e. The van der Waals surface area contributed by atoms with Crippen LogP contribution in [0, 0.1) is 0 Å². The summed E-state index contributed by atoms with van der Waals surface area (Å²) in [7, 11) is -4.54. The molecule has 0 spiro atoms. The SMILES string of the molecule is C=C(CS(=O)(=O)[O-])C(=O)[O-].[Na+].[Na+]. The summed E-state index contributed by atoms with van der Waals surface area (Å²) >= 11 is 0. The van der Waals surface area contributed by atoms with Gasteiger partial charge in [0.05, 0.1) is 21.8 Å². The molecule has 0 amide bonds. The molecule has 8 heteroatoms. The largest absolute Gasteiger partial charge is 1.00 e. The first-order chi connectivity index (χ1) is 4.33. The molecule has 0 aliphatic rings. The summed E-state index contributed by atoms with van der Waals surface area (Å²) in [5.74, 6) is -2.82. The Bertz CT molecular complexity index is 257. The first kappa shape index (κ1) is 18.8. The predicted octanol–water partition coefficient (Wildman–Crippen LogP) is -8.15. The molecule has 12 heavy (non-hydrogen) atoms. The second-order valence-electron chi connectivity index (χ2n) is 1.59. The second-order valence-corrected chi connectivity index (χ2v) is 3.00. The van der Waals surface area contributed by atoms with Gasteiger partial charge in [0.2, 0.25) is 0 Å². The van der Waals surface area contributed by atoms with Crippen LogP contribution in [0.25, 0.3) is 0 Å². The van der Waals surface area contributed by atoms with Gasteiger partial charge in [-0.3, -0.25) is 0 Å². The van der Waals surface area contributed by atoms with E-state index in [1.807, 2.05) is 0 Å². The van der Waals surface area contributed by atoms with Gasteiger partial charge in [0.25, 0.3) is 0 Å². The molecule has 5 nitrogen and oxygen atoms in total. The Balaban J connectivity index is -0.000000405. The van der Waals surface area contributed by atoms with E-state index in [0.717, 1.165) is 0 Å². The van der Waals surface area contributed by atoms with Gasteiger partial charge in [0.1, 0.15) is 0 Å². The van der Waals surface area contributed by atoms with Crippen LogP contribution in [0.5, 0.6) is 0 Å². The summed E-state index contributed by atoms with van der Waals surface area (Å²) in [4.78, 5) is 9.76. The molecule has 0 N–H and O–H groups in total. The Morgan fingerprint density at radius 2 is 1.67 bits per heavy atom. The molecular weight excluding hydrogens is 206 g/mol. The molecule has 0 atom stereocenters. The fourth-order valence-electron chi connectivity index (χ4n) is 0.272. The maximum absolute atomic E-state index is 9.84. The zero-order chi connectivity index (χ0) is 8.36. The summed E-state index contributed by atoms with van der Waals surface area (Å²) in [5.41, 5.74) is -0.727. The monoisotopic (exact) mass is 210 g/mol. The van der Waals surface area contributed by atoms with Crippen molar-refractivity contribution in [3.05, 3.63) is 12.2 Å². The number of hydrogen-bond donors (Lipinski definition) is 0. The molecule has 58 valence electrons. The Kier molecular flexibility index (Phi) is 11.8. The topological polar surface area (TPSA) is 97.3 Å². The minimum atomic E-state index is -4.54. The molecular formula is C4H4Na2O5S. The summed E-state index contributed by atoms with van der Waals surface area (Å²) in [6.07, 6.45) is 0. The minimum absolute atomic E-state index is 0. The zero-order valence-electron chi connectivity index (χ0n) is 6.86. The molecule has 0 saturated heterocycles. The van der Waals surface area contributed by atoms with E-state index < -0.39 is 27.4 Å². The first-order valence-electron chi connectivity index (χ1n) is 2.15. The molecule has 0 fully saturated rings. The van der Waals surface area contributed by atoms with Crippen molar-refractivity contribution in [2.24, 2.45) is 0 Å². The zero-order valence-corrected chi connectivity index (χ0v) is 11.7. The van der Waals surface area contributed by atoms with E-state index in [2.05, 4.69) is 6.58 Å². The second kappa shape index (κ2) is 7.52. The van der Waals surface area contributed by atoms with Gasteiger partial charge in [-0.05, 0) is 5.57 Å². The van der Waals surface area contributed by atoms with Crippen LogP contribution in [0.1, 0.15) is 0 Å². The molecule has 0 heterocycles. The van der Waals surface area contributed by atoms with Crippen LogP contribution < -0.4 is 64.2 Å². The van der Waals surface area contributed by atoms with Crippen LogP contribution in [0.2, 0.25) is 0 Å². The maximum Gasteiger partial charge on any atom is 1.00 e. The van der Waals surface area contributed by atoms with Crippen LogP contribution in [0.15, 0.2) is 12.2 Å². The Hall–Kier alpha value is 1.12. The number of carbonyl (C=O) groups excluding carboxylic acids is 1. The van der Waals surface area contributed by atoms with Crippen molar-refractivity contribution in [2.45, 2.75) is 0 Å².